The van der Waals surface area contributed by atoms with Crippen LogP contribution in [0.25, 0.3) is 0 Å². The van der Waals surface area contributed by atoms with Gasteiger partial charge in [0.05, 0.1) is 6.42 Å². The highest BCUT2D eigenvalue weighted by molar-refractivity contribution is 5.96. The highest BCUT2D eigenvalue weighted by atomic mass is 16.3. The molecule has 0 rings (SSSR count). The van der Waals surface area contributed by atoms with E-state index < -0.39 is 12.1 Å². The Labute approximate surface area is 59.2 Å². The first-order valence-electron chi connectivity index (χ1n) is 2.99. The van der Waals surface area contributed by atoms with Crippen LogP contribution in [-0.2, 0) is 9.59 Å². The third-order valence-corrected chi connectivity index (χ3v) is 0.779. The minimum Gasteiger partial charge on any atom is -0.374 e. The molecule has 4 heteroatoms. The highest BCUT2D eigenvalue weighted by Gasteiger charge is 2.05. The molecule has 2 N–H and O–H groups in total. The Morgan fingerprint density at radius 3 is 2.40 bits per heavy atom. The van der Waals surface area contributed by atoms with E-state index >= 15 is 0 Å². The van der Waals surface area contributed by atoms with Crippen LogP contribution in [0.3, 0.4) is 0 Å². The van der Waals surface area contributed by atoms with Crippen molar-refractivity contribution in [1.82, 2.24) is 5.32 Å². The summed E-state index contributed by atoms with van der Waals surface area (Å²) in [4.78, 5) is 20.9. The average molecular weight is 145 g/mol. The van der Waals surface area contributed by atoms with E-state index in [1.165, 1.54) is 13.8 Å². The van der Waals surface area contributed by atoms with Crippen LogP contribution < -0.4 is 5.32 Å². The fourth-order valence-electron chi connectivity index (χ4n) is 0.510. The van der Waals surface area contributed by atoms with Gasteiger partial charge in [-0.15, -0.1) is 0 Å². The first kappa shape index (κ1) is 9.10. The van der Waals surface area contributed by atoms with Gasteiger partial charge in [-0.3, -0.25) is 9.59 Å². The predicted octanol–water partition coefficient (Wildman–Crippen LogP) is -0.580. The first-order chi connectivity index (χ1) is 4.52. The average Bonchev–Trinajstić information content (AvgIpc) is 1.58. The number of rotatable bonds is 3. The molecular weight excluding hydrogens is 134 g/mol. The van der Waals surface area contributed by atoms with Crippen molar-refractivity contribution in [2.75, 3.05) is 0 Å². The minimum atomic E-state index is -0.883. The molecule has 0 heterocycles. The Bertz CT molecular complexity index is 142. The number of nitrogens with one attached hydrogen (secondary N) is 1. The van der Waals surface area contributed by atoms with Gasteiger partial charge in [-0.05, 0) is 13.8 Å². The number of ketones is 1. The maximum Gasteiger partial charge on any atom is 0.229 e. The van der Waals surface area contributed by atoms with Crippen molar-refractivity contribution in [3.8, 4) is 0 Å². The summed E-state index contributed by atoms with van der Waals surface area (Å²) >= 11 is 0. The third kappa shape index (κ3) is 5.24. The molecule has 0 aliphatic heterocycles. The van der Waals surface area contributed by atoms with Gasteiger partial charge in [-0.2, -0.15) is 0 Å². The van der Waals surface area contributed by atoms with Crippen molar-refractivity contribution >= 4 is 11.7 Å². The van der Waals surface area contributed by atoms with E-state index in [-0.39, 0.29) is 12.2 Å². The van der Waals surface area contributed by atoms with Gasteiger partial charge in [0.15, 0.2) is 0 Å². The molecule has 0 radical (unpaired) electrons. The number of hydrogen-bond donors (Lipinski definition) is 2. The van der Waals surface area contributed by atoms with Crippen molar-refractivity contribution in [1.29, 1.82) is 0 Å². The second-order valence-electron chi connectivity index (χ2n) is 2.12. The Morgan fingerprint density at radius 1 is 1.60 bits per heavy atom. The zero-order valence-corrected chi connectivity index (χ0v) is 6.05. The molecule has 0 aromatic carbocycles. The summed E-state index contributed by atoms with van der Waals surface area (Å²) in [5.41, 5.74) is 0. The number of Topliss-reactive ketones (excluding diaryl/α,β-unsaturated/α-hetero) is 1. The lowest BCUT2D eigenvalue weighted by Crippen LogP contribution is -2.32. The summed E-state index contributed by atoms with van der Waals surface area (Å²) in [6.45, 7) is 2.74. The summed E-state index contributed by atoms with van der Waals surface area (Å²) in [5.74, 6) is -0.652. The van der Waals surface area contributed by atoms with E-state index in [1.807, 2.05) is 0 Å². The molecule has 1 amide bonds. The molecule has 4 nitrogen and oxygen atoms in total. The fourth-order valence-corrected chi connectivity index (χ4v) is 0.510. The molecule has 1 unspecified atom stereocenters. The summed E-state index contributed by atoms with van der Waals surface area (Å²) in [6, 6.07) is 0. The van der Waals surface area contributed by atoms with Crippen molar-refractivity contribution in [3.63, 3.8) is 0 Å². The van der Waals surface area contributed by atoms with E-state index in [4.69, 9.17) is 5.11 Å². The summed E-state index contributed by atoms with van der Waals surface area (Å²) in [5, 5.41) is 10.8. The van der Waals surface area contributed by atoms with Crippen LogP contribution in [0.4, 0.5) is 0 Å². The molecule has 0 spiro atoms. The van der Waals surface area contributed by atoms with Crippen molar-refractivity contribution in [2.24, 2.45) is 0 Å². The molecule has 0 aliphatic rings. The molecule has 10 heavy (non-hydrogen) atoms. The Kier molecular flexibility index (Phi) is 3.64. The van der Waals surface area contributed by atoms with Crippen LogP contribution in [0.5, 0.6) is 0 Å². The standard InChI is InChI=1S/C6H11NO3/c1-4(8)3-6(10)7-5(2)9/h5,9H,3H2,1-2H3,(H,7,10). The normalized spacial score (nSPS) is 12.3. The zero-order valence-electron chi connectivity index (χ0n) is 6.05. The smallest absolute Gasteiger partial charge is 0.229 e. The highest BCUT2D eigenvalue weighted by Crippen LogP contribution is 1.82. The van der Waals surface area contributed by atoms with Gasteiger partial charge in [0, 0.05) is 0 Å². The number of carbonyl (C=O) groups excluding carboxylic acids is 2. The van der Waals surface area contributed by atoms with E-state index in [2.05, 4.69) is 5.32 Å². The maximum absolute atomic E-state index is 10.6. The Balaban J connectivity index is 3.54. The van der Waals surface area contributed by atoms with Crippen LogP contribution in [-0.4, -0.2) is 23.0 Å². The summed E-state index contributed by atoms with van der Waals surface area (Å²) in [6.07, 6.45) is -1.04. The zero-order chi connectivity index (χ0) is 8.15. The second kappa shape index (κ2) is 4.00. The molecule has 0 aromatic rings. The summed E-state index contributed by atoms with van der Waals surface area (Å²) < 4.78 is 0. The predicted molar refractivity (Wildman–Crippen MR) is 35.1 cm³/mol. The molecule has 1 atom stereocenters. The lowest BCUT2D eigenvalue weighted by atomic mass is 10.3. The monoisotopic (exact) mass is 145 g/mol. The van der Waals surface area contributed by atoms with Crippen molar-refractivity contribution in [3.05, 3.63) is 0 Å². The largest absolute Gasteiger partial charge is 0.374 e. The molecule has 0 saturated heterocycles. The van der Waals surface area contributed by atoms with Crippen LogP contribution in [0.2, 0.25) is 0 Å². The molecule has 58 valence electrons. The van der Waals surface area contributed by atoms with Crippen molar-refractivity contribution in [2.45, 2.75) is 26.5 Å². The number of amides is 1. The number of hydrogen-bond acceptors (Lipinski definition) is 3. The molecule has 0 bridgehead atoms. The Hall–Kier alpha value is -0.900. The maximum atomic E-state index is 10.6. The summed E-state index contributed by atoms with van der Waals surface area (Å²) in [7, 11) is 0. The van der Waals surface area contributed by atoms with Crippen molar-refractivity contribution < 1.29 is 14.7 Å². The van der Waals surface area contributed by atoms with Crippen LogP contribution in [0.15, 0.2) is 0 Å². The van der Waals surface area contributed by atoms with Gasteiger partial charge in [0.1, 0.15) is 12.0 Å². The van der Waals surface area contributed by atoms with Gasteiger partial charge in [-0.25, -0.2) is 0 Å². The van der Waals surface area contributed by atoms with Gasteiger partial charge in [0.2, 0.25) is 5.91 Å². The van der Waals surface area contributed by atoms with Gasteiger partial charge >= 0.3 is 0 Å². The molecule has 0 aromatic heterocycles. The van der Waals surface area contributed by atoms with E-state index in [0.29, 0.717) is 0 Å². The van der Waals surface area contributed by atoms with Crippen LogP contribution >= 0.6 is 0 Å². The van der Waals surface area contributed by atoms with E-state index in [1.54, 1.807) is 0 Å². The van der Waals surface area contributed by atoms with E-state index in [9.17, 15) is 9.59 Å². The Morgan fingerprint density at radius 2 is 2.10 bits per heavy atom. The van der Waals surface area contributed by atoms with Crippen LogP contribution in [0.1, 0.15) is 20.3 Å². The number of aliphatic hydroxyl groups is 1. The third-order valence-electron chi connectivity index (χ3n) is 0.779. The molecule has 0 saturated carbocycles. The SMILES string of the molecule is CC(=O)CC(=O)NC(C)O. The first-order valence-corrected chi connectivity index (χ1v) is 2.99. The molecule has 0 aliphatic carbocycles. The van der Waals surface area contributed by atoms with Crippen LogP contribution in [0, 0.1) is 0 Å². The fraction of sp³-hybridized carbons (Fsp3) is 0.667. The lowest BCUT2D eigenvalue weighted by molar-refractivity contribution is -0.128. The number of aliphatic hydroxyl groups excluding tert-OH is 1. The topological polar surface area (TPSA) is 66.4 Å². The quantitative estimate of drug-likeness (QED) is 0.412. The van der Waals surface area contributed by atoms with Gasteiger partial charge in [0.25, 0.3) is 0 Å². The lowest BCUT2D eigenvalue weighted by Gasteiger charge is -2.04. The second-order valence-corrected chi connectivity index (χ2v) is 2.12. The van der Waals surface area contributed by atoms with Gasteiger partial charge < -0.3 is 10.4 Å². The number of carbonyl (C=O) groups is 2. The van der Waals surface area contributed by atoms with E-state index in [0.717, 1.165) is 0 Å². The molecule has 0 fully saturated rings. The minimum absolute atomic E-state index is 0.162. The molecular formula is C6H11NO3. The van der Waals surface area contributed by atoms with Gasteiger partial charge in [-0.1, -0.05) is 0 Å².